The van der Waals surface area contributed by atoms with Gasteiger partial charge < -0.3 is 15.4 Å². The highest BCUT2D eigenvalue weighted by Gasteiger charge is 2.10. The smallest absolute Gasteiger partial charge is 0.191 e. The molecule has 1 atom stereocenters. The van der Waals surface area contributed by atoms with Crippen LogP contribution in [0.2, 0.25) is 0 Å². The van der Waals surface area contributed by atoms with Crippen molar-refractivity contribution in [2.24, 2.45) is 4.99 Å². The Morgan fingerprint density at radius 1 is 1.20 bits per heavy atom. The van der Waals surface area contributed by atoms with Gasteiger partial charge in [0.2, 0.25) is 0 Å². The molecule has 0 bridgehead atoms. The van der Waals surface area contributed by atoms with Gasteiger partial charge in [-0.25, -0.2) is 0 Å². The van der Waals surface area contributed by atoms with Gasteiger partial charge in [-0.1, -0.05) is 37.1 Å². The van der Waals surface area contributed by atoms with E-state index in [2.05, 4.69) is 51.7 Å². The van der Waals surface area contributed by atoms with Gasteiger partial charge in [-0.2, -0.15) is 0 Å². The fraction of sp³-hybridized carbons (Fsp3) is 0.650. The van der Waals surface area contributed by atoms with Crippen LogP contribution < -0.4 is 10.6 Å². The molecule has 5 nitrogen and oxygen atoms in total. The molecule has 1 aromatic carbocycles. The van der Waals surface area contributed by atoms with E-state index < -0.39 is 0 Å². The van der Waals surface area contributed by atoms with E-state index in [1.807, 2.05) is 0 Å². The van der Waals surface area contributed by atoms with Gasteiger partial charge in [0.1, 0.15) is 0 Å². The molecule has 0 aromatic heterocycles. The molecule has 1 heterocycles. The predicted molar refractivity (Wildman–Crippen MR) is 105 cm³/mol. The van der Waals surface area contributed by atoms with E-state index in [4.69, 9.17) is 4.74 Å². The summed E-state index contributed by atoms with van der Waals surface area (Å²) < 4.78 is 5.16. The van der Waals surface area contributed by atoms with Crippen molar-refractivity contribution in [3.8, 4) is 0 Å². The summed E-state index contributed by atoms with van der Waals surface area (Å²) in [5.41, 5.74) is 2.69. The Labute approximate surface area is 152 Å². The number of nitrogens with zero attached hydrogens (tertiary/aromatic N) is 2. The number of likely N-dealkylation sites (tertiary alicyclic amines) is 1. The first kappa shape index (κ1) is 19.7. The second kappa shape index (κ2) is 11.1. The second-order valence-corrected chi connectivity index (χ2v) is 6.94. The van der Waals surface area contributed by atoms with Gasteiger partial charge in [0.05, 0.1) is 6.61 Å². The molecule has 1 unspecified atom stereocenters. The number of methoxy groups -OCH3 is 1. The van der Waals surface area contributed by atoms with E-state index in [1.54, 1.807) is 14.2 Å². The average Bonchev–Trinajstić information content (AvgIpc) is 2.88. The van der Waals surface area contributed by atoms with E-state index in [0.717, 1.165) is 19.0 Å². The van der Waals surface area contributed by atoms with Gasteiger partial charge in [-0.15, -0.1) is 0 Å². The fourth-order valence-corrected chi connectivity index (χ4v) is 3.30. The number of benzene rings is 1. The van der Waals surface area contributed by atoms with Gasteiger partial charge in [0.25, 0.3) is 0 Å². The maximum atomic E-state index is 5.16. The van der Waals surface area contributed by atoms with Crippen LogP contribution in [0.4, 0.5) is 0 Å². The van der Waals surface area contributed by atoms with E-state index in [9.17, 15) is 0 Å². The van der Waals surface area contributed by atoms with Crippen LogP contribution in [0.5, 0.6) is 0 Å². The number of nitrogens with one attached hydrogen (secondary N) is 2. The highest BCUT2D eigenvalue weighted by Crippen LogP contribution is 2.14. The Kier molecular flexibility index (Phi) is 8.77. The topological polar surface area (TPSA) is 48.9 Å². The summed E-state index contributed by atoms with van der Waals surface area (Å²) in [6.07, 6.45) is 5.44. The van der Waals surface area contributed by atoms with Crippen LogP contribution in [0.3, 0.4) is 0 Å². The lowest BCUT2D eigenvalue weighted by atomic mass is 10.1. The largest absolute Gasteiger partial charge is 0.383 e. The maximum Gasteiger partial charge on any atom is 0.191 e. The van der Waals surface area contributed by atoms with E-state index in [0.29, 0.717) is 6.61 Å². The van der Waals surface area contributed by atoms with E-state index in [-0.39, 0.29) is 6.04 Å². The summed E-state index contributed by atoms with van der Waals surface area (Å²) in [6, 6.07) is 9.11. The summed E-state index contributed by atoms with van der Waals surface area (Å²) in [5.74, 6) is 0.808. The monoisotopic (exact) mass is 346 g/mol. The highest BCUT2D eigenvalue weighted by atomic mass is 16.5. The molecule has 0 radical (unpaired) electrons. The zero-order valence-electron chi connectivity index (χ0n) is 16.1. The first-order chi connectivity index (χ1) is 12.2. The minimum atomic E-state index is 0.227. The Balaban J connectivity index is 1.85. The lowest BCUT2D eigenvalue weighted by Crippen LogP contribution is -2.43. The molecule has 0 amide bonds. The molecule has 1 saturated heterocycles. The molecule has 1 aliphatic rings. The summed E-state index contributed by atoms with van der Waals surface area (Å²) >= 11 is 0. The first-order valence-electron chi connectivity index (χ1n) is 9.47. The summed E-state index contributed by atoms with van der Waals surface area (Å²) in [7, 11) is 3.51. The normalized spacial score (nSPS) is 17.8. The van der Waals surface area contributed by atoms with Crippen LogP contribution in [-0.2, 0) is 17.8 Å². The third-order valence-corrected chi connectivity index (χ3v) is 4.58. The molecular formula is C20H34N4O. The van der Waals surface area contributed by atoms with Crippen molar-refractivity contribution < 1.29 is 4.74 Å². The molecule has 140 valence electrons. The van der Waals surface area contributed by atoms with Crippen LogP contribution in [0.1, 0.15) is 43.7 Å². The summed E-state index contributed by atoms with van der Waals surface area (Å²) in [6.45, 7) is 7.04. The van der Waals surface area contributed by atoms with Crippen LogP contribution in [-0.4, -0.2) is 50.8 Å². The number of hydrogen-bond donors (Lipinski definition) is 2. The second-order valence-electron chi connectivity index (χ2n) is 6.94. The van der Waals surface area contributed by atoms with Crippen molar-refractivity contribution in [1.82, 2.24) is 15.5 Å². The molecule has 5 heteroatoms. The zero-order chi connectivity index (χ0) is 17.9. The van der Waals surface area contributed by atoms with Crippen molar-refractivity contribution in [2.45, 2.75) is 51.7 Å². The van der Waals surface area contributed by atoms with Crippen LogP contribution in [0.25, 0.3) is 0 Å². The number of aliphatic imine (C=N–C) groups is 1. The van der Waals surface area contributed by atoms with Crippen molar-refractivity contribution in [3.63, 3.8) is 0 Å². The molecular weight excluding hydrogens is 312 g/mol. The van der Waals surface area contributed by atoms with E-state index in [1.165, 1.54) is 49.9 Å². The molecule has 2 rings (SSSR count). The van der Waals surface area contributed by atoms with Gasteiger partial charge in [0, 0.05) is 33.3 Å². The quantitative estimate of drug-likeness (QED) is 0.589. The standard InChI is InChI=1S/C20H34N4O/c1-17(16-25-3)23-20(21-2)22-14-18-9-8-10-19(13-18)15-24-11-6-4-5-7-12-24/h8-10,13,17H,4-7,11-12,14-16H2,1-3H3,(H2,21,22,23). The minimum Gasteiger partial charge on any atom is -0.383 e. The lowest BCUT2D eigenvalue weighted by molar-refractivity contribution is 0.179. The molecule has 0 saturated carbocycles. The van der Waals surface area contributed by atoms with Gasteiger partial charge in [-0.3, -0.25) is 9.89 Å². The van der Waals surface area contributed by atoms with Gasteiger partial charge in [-0.05, 0) is 44.0 Å². The van der Waals surface area contributed by atoms with Crippen molar-refractivity contribution in [2.75, 3.05) is 33.9 Å². The predicted octanol–water partition coefficient (Wildman–Crippen LogP) is 2.76. The Morgan fingerprint density at radius 2 is 1.92 bits per heavy atom. The average molecular weight is 347 g/mol. The number of ether oxygens (including phenoxy) is 1. The zero-order valence-corrected chi connectivity index (χ0v) is 16.1. The number of hydrogen-bond acceptors (Lipinski definition) is 3. The Bertz CT molecular complexity index is 524. The molecule has 1 aliphatic heterocycles. The van der Waals surface area contributed by atoms with Crippen molar-refractivity contribution in [3.05, 3.63) is 35.4 Å². The highest BCUT2D eigenvalue weighted by molar-refractivity contribution is 5.79. The third-order valence-electron chi connectivity index (χ3n) is 4.58. The number of guanidine groups is 1. The van der Waals surface area contributed by atoms with Crippen molar-refractivity contribution >= 4 is 5.96 Å². The Morgan fingerprint density at radius 3 is 2.60 bits per heavy atom. The minimum absolute atomic E-state index is 0.227. The van der Waals surface area contributed by atoms with Gasteiger partial charge in [0.15, 0.2) is 5.96 Å². The van der Waals surface area contributed by atoms with Crippen LogP contribution in [0.15, 0.2) is 29.3 Å². The van der Waals surface area contributed by atoms with Crippen molar-refractivity contribution in [1.29, 1.82) is 0 Å². The Hall–Kier alpha value is -1.59. The molecule has 2 N–H and O–H groups in total. The molecule has 1 fully saturated rings. The summed E-state index contributed by atoms with van der Waals surface area (Å²) in [5, 5.41) is 6.72. The molecule has 1 aromatic rings. The van der Waals surface area contributed by atoms with Crippen LogP contribution >= 0.6 is 0 Å². The van der Waals surface area contributed by atoms with E-state index >= 15 is 0 Å². The fourth-order valence-electron chi connectivity index (χ4n) is 3.30. The lowest BCUT2D eigenvalue weighted by Gasteiger charge is -2.20. The SMILES string of the molecule is CN=C(NCc1cccc(CN2CCCCCC2)c1)NC(C)COC. The first-order valence-corrected chi connectivity index (χ1v) is 9.47. The van der Waals surface area contributed by atoms with Crippen LogP contribution in [0, 0.1) is 0 Å². The van der Waals surface area contributed by atoms with Gasteiger partial charge >= 0.3 is 0 Å². The maximum absolute atomic E-state index is 5.16. The summed E-state index contributed by atoms with van der Waals surface area (Å²) in [4.78, 5) is 6.87. The molecule has 0 aliphatic carbocycles. The third kappa shape index (κ3) is 7.45. The number of rotatable bonds is 7. The molecule has 0 spiro atoms. The molecule has 25 heavy (non-hydrogen) atoms.